The number of hydrogen-bond acceptors (Lipinski definition) is 2. The molecule has 0 spiro atoms. The Morgan fingerprint density at radius 3 is 1.34 bits per heavy atom. The van der Waals surface area contributed by atoms with Gasteiger partial charge >= 0.3 is 0 Å². The number of amides is 2. The normalized spacial score (nSPS) is 12.8. The third kappa shape index (κ3) is 8.95. The van der Waals surface area contributed by atoms with Crippen molar-refractivity contribution in [2.45, 2.75) is 70.9 Å². The molecule has 0 radical (unpaired) electrons. The second-order valence-corrected chi connectivity index (χ2v) is 7.67. The summed E-state index contributed by atoms with van der Waals surface area (Å²) >= 11 is 0. The second-order valence-electron chi connectivity index (χ2n) is 7.67. The minimum atomic E-state index is 0.0421. The van der Waals surface area contributed by atoms with Crippen LogP contribution < -0.4 is 10.6 Å². The fourth-order valence-electron chi connectivity index (χ4n) is 3.38. The van der Waals surface area contributed by atoms with Crippen molar-refractivity contribution in [2.75, 3.05) is 0 Å². The van der Waals surface area contributed by atoms with Crippen LogP contribution in [0.3, 0.4) is 0 Å². The fraction of sp³-hybridized carbons (Fsp3) is 0.440. The van der Waals surface area contributed by atoms with Gasteiger partial charge in [0.15, 0.2) is 0 Å². The van der Waals surface area contributed by atoms with Crippen LogP contribution in [0.25, 0.3) is 0 Å². The number of hydrogen-bond donors (Lipinski definition) is 2. The first-order valence-corrected chi connectivity index (χ1v) is 10.7. The molecular formula is C25H34N2O2. The maximum atomic E-state index is 12.1. The highest BCUT2D eigenvalue weighted by atomic mass is 16.2. The molecule has 2 amide bonds. The Kier molecular flexibility index (Phi) is 9.98. The molecule has 29 heavy (non-hydrogen) atoms. The van der Waals surface area contributed by atoms with Crippen molar-refractivity contribution in [1.29, 1.82) is 0 Å². The van der Waals surface area contributed by atoms with Gasteiger partial charge in [-0.15, -0.1) is 0 Å². The van der Waals surface area contributed by atoms with E-state index < -0.39 is 0 Å². The van der Waals surface area contributed by atoms with Crippen LogP contribution in [-0.4, -0.2) is 11.8 Å². The molecule has 0 saturated heterocycles. The highest BCUT2D eigenvalue weighted by Crippen LogP contribution is 2.14. The van der Waals surface area contributed by atoms with E-state index >= 15 is 0 Å². The highest BCUT2D eigenvalue weighted by molar-refractivity contribution is 5.76. The van der Waals surface area contributed by atoms with Gasteiger partial charge < -0.3 is 10.6 Å². The lowest BCUT2D eigenvalue weighted by Crippen LogP contribution is -2.26. The minimum absolute atomic E-state index is 0.0421. The average Bonchev–Trinajstić information content (AvgIpc) is 2.74. The van der Waals surface area contributed by atoms with Gasteiger partial charge in [-0.2, -0.15) is 0 Å². The molecule has 0 aliphatic rings. The van der Waals surface area contributed by atoms with Crippen molar-refractivity contribution in [3.63, 3.8) is 0 Å². The predicted octanol–water partition coefficient (Wildman–Crippen LogP) is 5.47. The van der Waals surface area contributed by atoms with Gasteiger partial charge in [-0.1, -0.05) is 79.9 Å². The molecule has 2 aromatic rings. The quantitative estimate of drug-likeness (QED) is 0.469. The molecule has 0 fully saturated rings. The Labute approximate surface area is 175 Å². The molecule has 2 atom stereocenters. The zero-order chi connectivity index (χ0) is 20.9. The Bertz CT molecular complexity index is 668. The van der Waals surface area contributed by atoms with Crippen molar-refractivity contribution in [1.82, 2.24) is 10.6 Å². The first kappa shape index (κ1) is 22.7. The van der Waals surface area contributed by atoms with Crippen LogP contribution in [0.5, 0.6) is 0 Å². The number of rotatable bonds is 12. The lowest BCUT2D eigenvalue weighted by atomic mass is 10.1. The lowest BCUT2D eigenvalue weighted by Gasteiger charge is -2.14. The summed E-state index contributed by atoms with van der Waals surface area (Å²) in [6, 6.07) is 20.1. The van der Waals surface area contributed by atoms with E-state index in [-0.39, 0.29) is 23.9 Å². The molecule has 4 nitrogen and oxygen atoms in total. The molecule has 2 N–H and O–H groups in total. The van der Waals surface area contributed by atoms with Gasteiger partial charge in [0, 0.05) is 12.8 Å². The van der Waals surface area contributed by atoms with Gasteiger partial charge in [0.05, 0.1) is 12.1 Å². The summed E-state index contributed by atoms with van der Waals surface area (Å²) in [5.41, 5.74) is 2.25. The Morgan fingerprint density at radius 2 is 0.966 bits per heavy atom. The van der Waals surface area contributed by atoms with Crippen LogP contribution in [-0.2, 0) is 9.59 Å². The summed E-state index contributed by atoms with van der Waals surface area (Å²) in [7, 11) is 0. The molecule has 0 unspecified atom stereocenters. The van der Waals surface area contributed by atoms with E-state index in [1.165, 1.54) is 0 Å². The second kappa shape index (κ2) is 12.8. The minimum Gasteiger partial charge on any atom is -0.350 e. The summed E-state index contributed by atoms with van der Waals surface area (Å²) in [6.45, 7) is 4.02. The first-order valence-electron chi connectivity index (χ1n) is 10.7. The average molecular weight is 395 g/mol. The maximum absolute atomic E-state index is 12.1. The van der Waals surface area contributed by atoms with Crippen LogP contribution in [0.2, 0.25) is 0 Å². The van der Waals surface area contributed by atoms with Gasteiger partial charge in [-0.05, 0) is 37.8 Å². The van der Waals surface area contributed by atoms with Crippen LogP contribution >= 0.6 is 0 Å². The van der Waals surface area contributed by atoms with Crippen molar-refractivity contribution in [2.24, 2.45) is 0 Å². The third-order valence-corrected chi connectivity index (χ3v) is 5.16. The summed E-state index contributed by atoms with van der Waals surface area (Å²) in [6.07, 6.45) is 6.01. The van der Waals surface area contributed by atoms with Gasteiger partial charge in [0.25, 0.3) is 0 Å². The molecular weight excluding hydrogens is 360 g/mol. The maximum Gasteiger partial charge on any atom is 0.220 e. The van der Waals surface area contributed by atoms with Gasteiger partial charge in [0.1, 0.15) is 0 Å². The van der Waals surface area contributed by atoms with Crippen molar-refractivity contribution in [3.8, 4) is 0 Å². The number of unbranched alkanes of at least 4 members (excludes halogenated alkanes) is 4. The van der Waals surface area contributed by atoms with E-state index in [0.717, 1.165) is 43.2 Å². The van der Waals surface area contributed by atoms with E-state index in [0.29, 0.717) is 12.8 Å². The molecule has 2 aromatic carbocycles. The molecule has 0 saturated carbocycles. The smallest absolute Gasteiger partial charge is 0.220 e. The molecule has 0 aromatic heterocycles. The summed E-state index contributed by atoms with van der Waals surface area (Å²) in [5.74, 6) is 0.214. The topological polar surface area (TPSA) is 58.2 Å². The van der Waals surface area contributed by atoms with Crippen LogP contribution in [0.15, 0.2) is 60.7 Å². The molecule has 0 heterocycles. The molecule has 4 heteroatoms. The lowest BCUT2D eigenvalue weighted by molar-refractivity contribution is -0.122. The Balaban J connectivity index is 1.49. The molecule has 0 aliphatic heterocycles. The highest BCUT2D eigenvalue weighted by Gasteiger charge is 2.10. The molecule has 156 valence electrons. The SMILES string of the molecule is C[C@H](NC(=O)CCCCCCCC(=O)N[C@@H](C)c1ccccc1)c1ccccc1. The monoisotopic (exact) mass is 394 g/mol. The van der Waals surface area contributed by atoms with E-state index in [9.17, 15) is 9.59 Å². The van der Waals surface area contributed by atoms with Crippen LogP contribution in [0.4, 0.5) is 0 Å². The van der Waals surface area contributed by atoms with E-state index in [4.69, 9.17) is 0 Å². The molecule has 2 rings (SSSR count). The molecule has 0 bridgehead atoms. The van der Waals surface area contributed by atoms with E-state index in [1.54, 1.807) is 0 Å². The van der Waals surface area contributed by atoms with Gasteiger partial charge in [-0.3, -0.25) is 9.59 Å². The van der Waals surface area contributed by atoms with E-state index in [2.05, 4.69) is 10.6 Å². The van der Waals surface area contributed by atoms with Gasteiger partial charge in [-0.25, -0.2) is 0 Å². The molecule has 0 aliphatic carbocycles. The Morgan fingerprint density at radius 1 is 0.621 bits per heavy atom. The summed E-state index contributed by atoms with van der Waals surface area (Å²) < 4.78 is 0. The number of carbonyl (C=O) groups is 2. The summed E-state index contributed by atoms with van der Waals surface area (Å²) in [4.78, 5) is 24.1. The number of benzene rings is 2. The van der Waals surface area contributed by atoms with Crippen molar-refractivity contribution >= 4 is 11.8 Å². The number of nitrogens with one attached hydrogen (secondary N) is 2. The fourth-order valence-corrected chi connectivity index (χ4v) is 3.38. The number of carbonyl (C=O) groups excluding carboxylic acids is 2. The third-order valence-electron chi connectivity index (χ3n) is 5.16. The van der Waals surface area contributed by atoms with E-state index in [1.807, 2.05) is 74.5 Å². The van der Waals surface area contributed by atoms with Gasteiger partial charge in [0.2, 0.25) is 11.8 Å². The first-order chi connectivity index (χ1) is 14.1. The van der Waals surface area contributed by atoms with Crippen LogP contribution in [0, 0.1) is 0 Å². The standard InChI is InChI=1S/C25H34N2O2/c1-20(22-14-8-6-9-15-22)26-24(28)18-12-4-3-5-13-19-25(29)27-21(2)23-16-10-7-11-17-23/h6-11,14-17,20-21H,3-5,12-13,18-19H2,1-2H3,(H,26,28)(H,27,29)/t20-,21-/m0/s1. The van der Waals surface area contributed by atoms with Crippen LogP contribution in [0.1, 0.15) is 82.0 Å². The summed E-state index contributed by atoms with van der Waals surface area (Å²) in [5, 5.41) is 6.11. The Hall–Kier alpha value is -2.62. The zero-order valence-electron chi connectivity index (χ0n) is 17.7. The largest absolute Gasteiger partial charge is 0.350 e. The predicted molar refractivity (Wildman–Crippen MR) is 118 cm³/mol. The zero-order valence-corrected chi connectivity index (χ0v) is 17.7. The van der Waals surface area contributed by atoms with Crippen molar-refractivity contribution in [3.05, 3.63) is 71.8 Å². The van der Waals surface area contributed by atoms with Crippen molar-refractivity contribution < 1.29 is 9.59 Å².